The van der Waals surface area contributed by atoms with Crippen LogP contribution in [0.25, 0.3) is 0 Å². The van der Waals surface area contributed by atoms with E-state index in [-0.39, 0.29) is 0 Å². The molecule has 0 spiro atoms. The van der Waals surface area contributed by atoms with E-state index < -0.39 is 0 Å². The molecule has 0 aromatic heterocycles. The van der Waals surface area contributed by atoms with Gasteiger partial charge in [0.2, 0.25) is 0 Å². The monoisotopic (exact) mass is 241 g/mol. The molecule has 0 amide bonds. The van der Waals surface area contributed by atoms with Gasteiger partial charge >= 0.3 is 0 Å². The van der Waals surface area contributed by atoms with Gasteiger partial charge in [-0.1, -0.05) is 30.3 Å². The fraction of sp³-hybridized carbons (Fsp3) is 0.647. The van der Waals surface area contributed by atoms with E-state index in [2.05, 4.69) is 35.6 Å². The van der Waals surface area contributed by atoms with E-state index >= 15 is 0 Å². The van der Waals surface area contributed by atoms with Gasteiger partial charge in [0.05, 0.1) is 0 Å². The predicted octanol–water partition coefficient (Wildman–Crippen LogP) is 3.40. The maximum absolute atomic E-state index is 3.80. The normalized spacial score (nSPS) is 37.6. The van der Waals surface area contributed by atoms with Gasteiger partial charge in [-0.25, -0.2) is 0 Å². The van der Waals surface area contributed by atoms with Crippen molar-refractivity contribution < 1.29 is 0 Å². The summed E-state index contributed by atoms with van der Waals surface area (Å²) in [6.45, 7) is 1.26. The van der Waals surface area contributed by atoms with Crippen LogP contribution in [-0.4, -0.2) is 12.6 Å². The van der Waals surface area contributed by atoms with Crippen LogP contribution in [0.3, 0.4) is 0 Å². The van der Waals surface area contributed by atoms with Gasteiger partial charge in [-0.15, -0.1) is 0 Å². The SMILES string of the molecule is c1ccc(CC2(CNC3CC3)CC3CC3C2)cc1. The molecule has 0 radical (unpaired) electrons. The van der Waals surface area contributed by atoms with E-state index in [0.29, 0.717) is 5.41 Å². The summed E-state index contributed by atoms with van der Waals surface area (Å²) >= 11 is 0. The van der Waals surface area contributed by atoms with Crippen molar-refractivity contribution in [3.63, 3.8) is 0 Å². The lowest BCUT2D eigenvalue weighted by Gasteiger charge is -2.31. The van der Waals surface area contributed by atoms with Gasteiger partial charge in [-0.2, -0.15) is 0 Å². The molecule has 0 aliphatic heterocycles. The van der Waals surface area contributed by atoms with E-state index in [1.54, 1.807) is 0 Å². The minimum absolute atomic E-state index is 0.581. The molecule has 96 valence electrons. The number of nitrogens with one attached hydrogen (secondary N) is 1. The van der Waals surface area contributed by atoms with Crippen molar-refractivity contribution >= 4 is 0 Å². The zero-order valence-corrected chi connectivity index (χ0v) is 11.1. The van der Waals surface area contributed by atoms with Gasteiger partial charge < -0.3 is 5.32 Å². The molecular formula is C17H23N. The van der Waals surface area contributed by atoms with E-state index in [1.165, 1.54) is 50.6 Å². The zero-order chi connectivity index (χ0) is 12.0. The maximum Gasteiger partial charge on any atom is 0.00684 e. The second-order valence-corrected chi connectivity index (χ2v) is 6.98. The Hall–Kier alpha value is -0.820. The van der Waals surface area contributed by atoms with Crippen LogP contribution in [0.4, 0.5) is 0 Å². The maximum atomic E-state index is 3.80. The standard InChI is InChI=1S/C17H23N/c1-2-4-13(5-3-1)9-17(12-18-16-6-7-16)10-14-8-15(14)11-17/h1-5,14-16,18H,6-12H2. The van der Waals surface area contributed by atoms with E-state index in [0.717, 1.165) is 17.9 Å². The van der Waals surface area contributed by atoms with Crippen LogP contribution in [0, 0.1) is 17.3 Å². The Morgan fingerprint density at radius 1 is 1.06 bits per heavy atom. The summed E-state index contributed by atoms with van der Waals surface area (Å²) in [5.41, 5.74) is 2.12. The highest BCUT2D eigenvalue weighted by Crippen LogP contribution is 2.60. The smallest absolute Gasteiger partial charge is 0.00684 e. The molecule has 1 nitrogen and oxygen atoms in total. The topological polar surface area (TPSA) is 12.0 Å². The van der Waals surface area contributed by atoms with Crippen LogP contribution < -0.4 is 5.32 Å². The molecule has 3 fully saturated rings. The van der Waals surface area contributed by atoms with E-state index in [4.69, 9.17) is 0 Å². The lowest BCUT2D eigenvalue weighted by atomic mass is 9.77. The summed E-state index contributed by atoms with van der Waals surface area (Å²) in [7, 11) is 0. The van der Waals surface area contributed by atoms with Crippen molar-refractivity contribution in [3.05, 3.63) is 35.9 Å². The average Bonchev–Trinajstić information content (AvgIpc) is 3.29. The third kappa shape index (κ3) is 2.21. The highest BCUT2D eigenvalue weighted by molar-refractivity contribution is 5.19. The fourth-order valence-corrected chi connectivity index (χ4v) is 4.03. The molecule has 2 atom stereocenters. The molecule has 0 bridgehead atoms. The minimum Gasteiger partial charge on any atom is -0.313 e. The number of fused-ring (bicyclic) bond motifs is 1. The average molecular weight is 241 g/mol. The molecule has 0 saturated heterocycles. The quantitative estimate of drug-likeness (QED) is 0.833. The third-order valence-electron chi connectivity index (χ3n) is 5.22. The first-order chi connectivity index (χ1) is 8.83. The second kappa shape index (κ2) is 4.09. The minimum atomic E-state index is 0.581. The molecule has 2 unspecified atom stereocenters. The van der Waals surface area contributed by atoms with Crippen molar-refractivity contribution in [2.45, 2.75) is 44.6 Å². The highest BCUT2D eigenvalue weighted by atomic mass is 15.0. The Morgan fingerprint density at radius 2 is 1.78 bits per heavy atom. The molecule has 1 aromatic rings. The van der Waals surface area contributed by atoms with Gasteiger partial charge in [0.1, 0.15) is 0 Å². The summed E-state index contributed by atoms with van der Waals surface area (Å²) in [6, 6.07) is 12.0. The van der Waals surface area contributed by atoms with Crippen LogP contribution in [0.15, 0.2) is 30.3 Å². The summed E-state index contributed by atoms with van der Waals surface area (Å²) in [5.74, 6) is 2.16. The first-order valence-electron chi connectivity index (χ1n) is 7.60. The van der Waals surface area contributed by atoms with E-state index in [1.807, 2.05) is 0 Å². The third-order valence-corrected chi connectivity index (χ3v) is 5.22. The summed E-state index contributed by atoms with van der Waals surface area (Å²) in [6.07, 6.45) is 8.60. The molecular weight excluding hydrogens is 218 g/mol. The molecule has 1 heteroatoms. The Bertz CT molecular complexity index is 410. The summed E-state index contributed by atoms with van der Waals surface area (Å²) in [5, 5.41) is 3.80. The van der Waals surface area contributed by atoms with Crippen molar-refractivity contribution in [1.82, 2.24) is 5.32 Å². The first kappa shape index (κ1) is 11.0. The Labute approximate surface area is 110 Å². The van der Waals surface area contributed by atoms with Crippen molar-refractivity contribution in [2.24, 2.45) is 17.3 Å². The van der Waals surface area contributed by atoms with Gasteiger partial charge in [-0.3, -0.25) is 0 Å². The van der Waals surface area contributed by atoms with Gasteiger partial charge in [-0.05, 0) is 61.3 Å². The number of benzene rings is 1. The molecule has 18 heavy (non-hydrogen) atoms. The highest BCUT2D eigenvalue weighted by Gasteiger charge is 2.53. The number of hydrogen-bond donors (Lipinski definition) is 1. The molecule has 1 N–H and O–H groups in total. The molecule has 1 aromatic carbocycles. The van der Waals surface area contributed by atoms with Crippen molar-refractivity contribution in [1.29, 1.82) is 0 Å². The number of rotatable bonds is 5. The Kier molecular flexibility index (Phi) is 2.51. The molecule has 0 heterocycles. The lowest BCUT2D eigenvalue weighted by Crippen LogP contribution is -2.36. The van der Waals surface area contributed by atoms with Crippen molar-refractivity contribution in [3.8, 4) is 0 Å². The van der Waals surface area contributed by atoms with Crippen LogP contribution in [0.2, 0.25) is 0 Å². The van der Waals surface area contributed by atoms with Gasteiger partial charge in [0.25, 0.3) is 0 Å². The molecule has 3 saturated carbocycles. The Balaban J connectivity index is 1.47. The first-order valence-corrected chi connectivity index (χ1v) is 7.60. The Morgan fingerprint density at radius 3 is 2.44 bits per heavy atom. The van der Waals surface area contributed by atoms with Gasteiger partial charge in [0.15, 0.2) is 0 Å². The molecule has 4 rings (SSSR count). The van der Waals surface area contributed by atoms with Gasteiger partial charge in [0, 0.05) is 12.6 Å². The lowest BCUT2D eigenvalue weighted by molar-refractivity contribution is 0.247. The number of hydrogen-bond acceptors (Lipinski definition) is 1. The van der Waals surface area contributed by atoms with Crippen LogP contribution in [0.5, 0.6) is 0 Å². The summed E-state index contributed by atoms with van der Waals surface area (Å²) < 4.78 is 0. The van der Waals surface area contributed by atoms with Crippen LogP contribution in [0.1, 0.15) is 37.7 Å². The molecule has 3 aliphatic rings. The second-order valence-electron chi connectivity index (χ2n) is 6.98. The molecule has 3 aliphatic carbocycles. The fourth-order valence-electron chi connectivity index (χ4n) is 4.03. The predicted molar refractivity (Wildman–Crippen MR) is 74.4 cm³/mol. The van der Waals surface area contributed by atoms with E-state index in [9.17, 15) is 0 Å². The zero-order valence-electron chi connectivity index (χ0n) is 11.1. The largest absolute Gasteiger partial charge is 0.313 e. The summed E-state index contributed by atoms with van der Waals surface area (Å²) in [4.78, 5) is 0. The van der Waals surface area contributed by atoms with Crippen LogP contribution >= 0.6 is 0 Å². The van der Waals surface area contributed by atoms with Crippen molar-refractivity contribution in [2.75, 3.05) is 6.54 Å². The van der Waals surface area contributed by atoms with Crippen LogP contribution in [-0.2, 0) is 6.42 Å².